The van der Waals surface area contributed by atoms with Gasteiger partial charge in [-0.1, -0.05) is 272 Å². The zero-order valence-corrected chi connectivity index (χ0v) is 42.5. The molecular weight excluding hydrogens is 769 g/mol. The third-order valence-corrected chi connectivity index (χ3v) is 12.7. The highest BCUT2D eigenvalue weighted by molar-refractivity contribution is 5.71. The second-order valence-corrected chi connectivity index (χ2v) is 20.2. The number of rotatable bonds is 50. The minimum absolute atomic E-state index is 0.0634. The summed E-state index contributed by atoms with van der Waals surface area (Å²) in [6, 6.07) is 0. The summed E-state index contributed by atoms with van der Waals surface area (Å²) in [7, 11) is 0. The molecule has 0 bridgehead atoms. The Kier molecular flexibility index (Phi) is 47.6. The molecule has 0 heterocycles. The Balaban J connectivity index is 4.30. The zero-order valence-electron chi connectivity index (χ0n) is 42.5. The fourth-order valence-electron chi connectivity index (χ4n) is 8.52. The largest absolute Gasteiger partial charge is 0.462 e. The van der Waals surface area contributed by atoms with Gasteiger partial charge in [0.25, 0.3) is 0 Å². The van der Waals surface area contributed by atoms with Crippen LogP contribution in [0.5, 0.6) is 0 Å². The van der Waals surface area contributed by atoms with Crippen molar-refractivity contribution in [2.45, 2.75) is 317 Å². The molecule has 0 fully saturated rings. The maximum absolute atomic E-state index is 12.8. The second kappa shape index (κ2) is 48.9. The van der Waals surface area contributed by atoms with Crippen molar-refractivity contribution in [1.29, 1.82) is 0 Å². The second-order valence-electron chi connectivity index (χ2n) is 20.2. The van der Waals surface area contributed by atoms with Gasteiger partial charge in [-0.05, 0) is 31.1 Å². The van der Waals surface area contributed by atoms with E-state index in [0.717, 1.165) is 69.6 Å². The van der Waals surface area contributed by atoms with Gasteiger partial charge >= 0.3 is 17.9 Å². The number of carbonyl (C=O) groups is 3. The fourth-order valence-corrected chi connectivity index (χ4v) is 8.52. The molecule has 0 N–H and O–H groups in total. The third kappa shape index (κ3) is 49.4. The molecule has 0 aliphatic carbocycles. The molecule has 368 valence electrons. The van der Waals surface area contributed by atoms with Gasteiger partial charge in [0.1, 0.15) is 13.2 Å². The predicted octanol–water partition coefficient (Wildman–Crippen LogP) is 18.1. The molecule has 0 unspecified atom stereocenters. The van der Waals surface area contributed by atoms with E-state index in [9.17, 15) is 14.4 Å². The van der Waals surface area contributed by atoms with Crippen molar-refractivity contribution in [2.75, 3.05) is 13.2 Å². The van der Waals surface area contributed by atoms with Crippen molar-refractivity contribution in [2.24, 2.45) is 11.8 Å². The van der Waals surface area contributed by atoms with Crippen LogP contribution in [0.15, 0.2) is 0 Å². The molecule has 0 aromatic rings. The van der Waals surface area contributed by atoms with E-state index < -0.39 is 6.10 Å². The van der Waals surface area contributed by atoms with E-state index in [-0.39, 0.29) is 31.1 Å². The van der Waals surface area contributed by atoms with Crippen LogP contribution in [-0.4, -0.2) is 37.2 Å². The quantitative estimate of drug-likeness (QED) is 0.0344. The number of carbonyl (C=O) groups excluding carboxylic acids is 3. The lowest BCUT2D eigenvalue weighted by Crippen LogP contribution is -2.30. The van der Waals surface area contributed by atoms with E-state index in [1.807, 2.05) is 0 Å². The molecule has 0 radical (unpaired) electrons. The van der Waals surface area contributed by atoms with Crippen LogP contribution in [0.2, 0.25) is 0 Å². The highest BCUT2D eigenvalue weighted by Crippen LogP contribution is 2.18. The normalized spacial score (nSPS) is 12.0. The molecule has 1 atom stereocenters. The van der Waals surface area contributed by atoms with Crippen LogP contribution in [0.3, 0.4) is 0 Å². The minimum Gasteiger partial charge on any atom is -0.462 e. The first-order valence-corrected chi connectivity index (χ1v) is 27.7. The molecule has 0 saturated heterocycles. The summed E-state index contributed by atoms with van der Waals surface area (Å²) in [5.74, 6) is 0.798. The number of hydrogen-bond acceptors (Lipinski definition) is 6. The average molecular weight is 877 g/mol. The topological polar surface area (TPSA) is 78.9 Å². The predicted molar refractivity (Wildman–Crippen MR) is 266 cm³/mol. The van der Waals surface area contributed by atoms with Crippen LogP contribution in [0.1, 0.15) is 311 Å². The number of hydrogen-bond donors (Lipinski definition) is 0. The first-order chi connectivity index (χ1) is 30.2. The Morgan fingerprint density at radius 3 is 0.790 bits per heavy atom. The van der Waals surface area contributed by atoms with Crippen LogP contribution in [0, 0.1) is 11.8 Å². The maximum Gasteiger partial charge on any atom is 0.306 e. The molecule has 0 amide bonds. The fraction of sp³-hybridized carbons (Fsp3) is 0.946. The molecule has 0 aliphatic rings. The van der Waals surface area contributed by atoms with E-state index >= 15 is 0 Å². The first kappa shape index (κ1) is 60.4. The van der Waals surface area contributed by atoms with E-state index in [1.165, 1.54) is 199 Å². The molecule has 0 saturated carbocycles. The molecular formula is C56H108O6. The molecule has 0 aromatic carbocycles. The summed E-state index contributed by atoms with van der Waals surface area (Å²) < 4.78 is 16.9. The van der Waals surface area contributed by atoms with Crippen molar-refractivity contribution in [3.8, 4) is 0 Å². The van der Waals surface area contributed by atoms with Crippen LogP contribution in [0.4, 0.5) is 0 Å². The summed E-state index contributed by atoms with van der Waals surface area (Å²) in [6.45, 7) is 11.4. The van der Waals surface area contributed by atoms with Crippen molar-refractivity contribution in [3.05, 3.63) is 0 Å². The average Bonchev–Trinajstić information content (AvgIpc) is 3.24. The van der Waals surface area contributed by atoms with Crippen LogP contribution < -0.4 is 0 Å². The SMILES string of the molecule is CCCCCCCCCCCCCCCCCCCC(=O)O[C@H](COC(=O)CCCCCCCCCCCCCCC(C)C)COC(=O)CCCCCCCCCCCC(C)C. The Morgan fingerprint density at radius 2 is 0.532 bits per heavy atom. The van der Waals surface area contributed by atoms with E-state index in [0.29, 0.717) is 19.3 Å². The molecule has 0 aliphatic heterocycles. The third-order valence-electron chi connectivity index (χ3n) is 12.7. The van der Waals surface area contributed by atoms with Gasteiger partial charge in [-0.15, -0.1) is 0 Å². The molecule has 0 spiro atoms. The summed E-state index contributed by atoms with van der Waals surface area (Å²) in [5.41, 5.74) is 0. The van der Waals surface area contributed by atoms with Crippen molar-refractivity contribution in [3.63, 3.8) is 0 Å². The Labute approximate surface area is 387 Å². The Bertz CT molecular complexity index is 947. The summed E-state index contributed by atoms with van der Waals surface area (Å²) >= 11 is 0. The molecule has 62 heavy (non-hydrogen) atoms. The highest BCUT2D eigenvalue weighted by atomic mass is 16.6. The lowest BCUT2D eigenvalue weighted by atomic mass is 10.0. The molecule has 0 rings (SSSR count). The molecule has 6 nitrogen and oxygen atoms in total. The van der Waals surface area contributed by atoms with Crippen LogP contribution in [0.25, 0.3) is 0 Å². The van der Waals surface area contributed by atoms with Gasteiger partial charge in [0.2, 0.25) is 0 Å². The van der Waals surface area contributed by atoms with Gasteiger partial charge < -0.3 is 14.2 Å². The van der Waals surface area contributed by atoms with E-state index in [4.69, 9.17) is 14.2 Å². The van der Waals surface area contributed by atoms with Crippen LogP contribution in [-0.2, 0) is 28.6 Å². The lowest BCUT2D eigenvalue weighted by Gasteiger charge is -2.18. The van der Waals surface area contributed by atoms with Crippen molar-refractivity contribution in [1.82, 2.24) is 0 Å². The maximum atomic E-state index is 12.8. The monoisotopic (exact) mass is 877 g/mol. The molecule has 6 heteroatoms. The smallest absolute Gasteiger partial charge is 0.306 e. The standard InChI is InChI=1S/C56H108O6/c1-6-7-8-9-10-11-12-13-14-15-16-17-22-27-33-38-43-48-56(59)62-53(50-61-55(58)47-42-37-32-28-23-25-30-35-40-45-52(4)5)49-60-54(57)46-41-36-31-26-21-19-18-20-24-29-34-39-44-51(2)3/h51-53H,6-50H2,1-5H3/t53-/m1/s1. The van der Waals surface area contributed by atoms with Gasteiger partial charge in [0.05, 0.1) is 0 Å². The Hall–Kier alpha value is -1.59. The summed E-state index contributed by atoms with van der Waals surface area (Å²) in [6.07, 6.45) is 50.9. The lowest BCUT2D eigenvalue weighted by molar-refractivity contribution is -0.167. The van der Waals surface area contributed by atoms with Crippen LogP contribution >= 0.6 is 0 Å². The van der Waals surface area contributed by atoms with E-state index in [2.05, 4.69) is 34.6 Å². The van der Waals surface area contributed by atoms with E-state index in [1.54, 1.807) is 0 Å². The van der Waals surface area contributed by atoms with Gasteiger partial charge in [0, 0.05) is 19.3 Å². The highest BCUT2D eigenvalue weighted by Gasteiger charge is 2.19. The Morgan fingerprint density at radius 1 is 0.306 bits per heavy atom. The molecule has 0 aromatic heterocycles. The van der Waals surface area contributed by atoms with Gasteiger partial charge in [-0.25, -0.2) is 0 Å². The number of ether oxygens (including phenoxy) is 3. The van der Waals surface area contributed by atoms with Gasteiger partial charge in [-0.2, -0.15) is 0 Å². The summed E-state index contributed by atoms with van der Waals surface area (Å²) in [5, 5.41) is 0. The zero-order chi connectivity index (χ0) is 45.4. The number of esters is 3. The van der Waals surface area contributed by atoms with Gasteiger partial charge in [0.15, 0.2) is 6.10 Å². The van der Waals surface area contributed by atoms with Gasteiger partial charge in [-0.3, -0.25) is 14.4 Å². The number of unbranched alkanes of at least 4 members (excludes halogenated alkanes) is 35. The van der Waals surface area contributed by atoms with Crippen molar-refractivity contribution < 1.29 is 28.6 Å². The van der Waals surface area contributed by atoms with Crippen molar-refractivity contribution >= 4 is 17.9 Å². The first-order valence-electron chi connectivity index (χ1n) is 27.7. The minimum atomic E-state index is -0.762. The summed E-state index contributed by atoms with van der Waals surface area (Å²) in [4.78, 5) is 38.0.